The predicted octanol–water partition coefficient (Wildman–Crippen LogP) is 1.13. The van der Waals surface area contributed by atoms with Crippen molar-refractivity contribution >= 4 is 23.4 Å². The molecule has 0 aliphatic heterocycles. The average Bonchev–Trinajstić information content (AvgIpc) is 2.80. The van der Waals surface area contributed by atoms with E-state index in [2.05, 4.69) is 10.2 Å². The molecule has 0 spiro atoms. The number of thioether (sulfide) groups is 1. The van der Waals surface area contributed by atoms with E-state index < -0.39 is 10.9 Å². The highest BCUT2D eigenvalue weighted by molar-refractivity contribution is 7.99. The summed E-state index contributed by atoms with van der Waals surface area (Å²) in [6, 6.07) is 5.75. The summed E-state index contributed by atoms with van der Waals surface area (Å²) in [6.07, 6.45) is -0.00953. The number of nitrogens with two attached hydrogens (primary N) is 1. The number of non-ortho nitro benzene ring substituents is 1. The molecule has 3 N–H and O–H groups in total. The van der Waals surface area contributed by atoms with Gasteiger partial charge in [-0.2, -0.15) is 0 Å². The van der Waals surface area contributed by atoms with Gasteiger partial charge >= 0.3 is 5.97 Å². The van der Waals surface area contributed by atoms with Gasteiger partial charge in [0.05, 0.1) is 11.3 Å². The van der Waals surface area contributed by atoms with Crippen LogP contribution in [0.4, 0.5) is 5.69 Å². The van der Waals surface area contributed by atoms with E-state index in [1.807, 2.05) is 0 Å². The summed E-state index contributed by atoms with van der Waals surface area (Å²) in [6.45, 7) is 0. The Morgan fingerprint density at radius 2 is 2.05 bits per heavy atom. The molecule has 1 heterocycles. The van der Waals surface area contributed by atoms with Gasteiger partial charge in [0, 0.05) is 23.4 Å². The lowest BCUT2D eigenvalue weighted by Crippen LogP contribution is -2.12. The molecular formula is C11H11N5O4S. The highest BCUT2D eigenvalue weighted by Crippen LogP contribution is 2.23. The van der Waals surface area contributed by atoms with Gasteiger partial charge in [-0.25, -0.2) is 4.68 Å². The van der Waals surface area contributed by atoms with Crippen LogP contribution in [-0.2, 0) is 4.79 Å². The lowest BCUT2D eigenvalue weighted by atomic mass is 10.2. The number of carboxylic acid groups (broad SMARTS) is 1. The van der Waals surface area contributed by atoms with Crippen molar-refractivity contribution in [2.45, 2.75) is 11.6 Å². The Balaban J connectivity index is 2.15. The van der Waals surface area contributed by atoms with E-state index in [0.717, 1.165) is 0 Å². The molecule has 0 saturated heterocycles. The van der Waals surface area contributed by atoms with Crippen LogP contribution in [0, 0.1) is 10.1 Å². The van der Waals surface area contributed by atoms with Crippen LogP contribution in [0.3, 0.4) is 0 Å². The first-order valence-electron chi connectivity index (χ1n) is 5.79. The summed E-state index contributed by atoms with van der Waals surface area (Å²) in [5.74, 6) is 5.61. The molecule has 0 amide bonds. The van der Waals surface area contributed by atoms with Crippen molar-refractivity contribution in [2.75, 3.05) is 11.6 Å². The predicted molar refractivity (Wildman–Crippen MR) is 75.2 cm³/mol. The number of aromatic nitrogens is 3. The van der Waals surface area contributed by atoms with Crippen molar-refractivity contribution in [2.24, 2.45) is 0 Å². The molecule has 9 nitrogen and oxygen atoms in total. The molecule has 21 heavy (non-hydrogen) atoms. The Hall–Kier alpha value is -2.62. The van der Waals surface area contributed by atoms with Crippen LogP contribution in [0.2, 0.25) is 0 Å². The molecule has 0 saturated carbocycles. The molecule has 0 aliphatic carbocycles. The van der Waals surface area contributed by atoms with Crippen LogP contribution in [0.1, 0.15) is 6.42 Å². The summed E-state index contributed by atoms with van der Waals surface area (Å²) in [4.78, 5) is 20.5. The van der Waals surface area contributed by atoms with Crippen LogP contribution in [0.5, 0.6) is 0 Å². The van der Waals surface area contributed by atoms with Crippen molar-refractivity contribution in [1.29, 1.82) is 0 Å². The second kappa shape index (κ2) is 6.22. The maximum atomic E-state index is 10.6. The number of hydrogen-bond donors (Lipinski definition) is 2. The Bertz CT molecular complexity index is 670. The maximum Gasteiger partial charge on any atom is 0.304 e. The molecule has 0 atom stereocenters. The zero-order chi connectivity index (χ0) is 15.4. The van der Waals surface area contributed by atoms with Gasteiger partial charge in [-0.15, -0.1) is 10.2 Å². The minimum absolute atomic E-state index is 0.00953. The lowest BCUT2D eigenvalue weighted by molar-refractivity contribution is -0.384. The van der Waals surface area contributed by atoms with Crippen molar-refractivity contribution in [3.8, 4) is 11.4 Å². The van der Waals surface area contributed by atoms with E-state index in [1.165, 1.54) is 40.7 Å². The molecule has 0 fully saturated rings. The SMILES string of the molecule is Nn1c(SCCC(=O)O)nnc1-c1ccc([N+](=O)[O-])cc1. The van der Waals surface area contributed by atoms with Crippen molar-refractivity contribution in [3.05, 3.63) is 34.4 Å². The van der Waals surface area contributed by atoms with Crippen molar-refractivity contribution in [1.82, 2.24) is 14.9 Å². The third kappa shape index (κ3) is 3.48. The van der Waals surface area contributed by atoms with Crippen molar-refractivity contribution < 1.29 is 14.8 Å². The fraction of sp³-hybridized carbons (Fsp3) is 0.182. The van der Waals surface area contributed by atoms with Crippen LogP contribution in [0.25, 0.3) is 11.4 Å². The van der Waals surface area contributed by atoms with E-state index in [1.54, 1.807) is 0 Å². The fourth-order valence-corrected chi connectivity index (χ4v) is 2.32. The molecule has 0 aliphatic rings. The van der Waals surface area contributed by atoms with E-state index >= 15 is 0 Å². The van der Waals surface area contributed by atoms with Gasteiger partial charge in [-0.3, -0.25) is 14.9 Å². The van der Waals surface area contributed by atoms with Gasteiger partial charge in [-0.1, -0.05) is 11.8 Å². The summed E-state index contributed by atoms with van der Waals surface area (Å²) < 4.78 is 1.23. The molecule has 2 rings (SSSR count). The van der Waals surface area contributed by atoms with Crippen molar-refractivity contribution in [3.63, 3.8) is 0 Å². The minimum Gasteiger partial charge on any atom is -0.481 e. The molecule has 1 aromatic carbocycles. The molecule has 1 aromatic heterocycles. The average molecular weight is 309 g/mol. The Morgan fingerprint density at radius 3 is 2.62 bits per heavy atom. The molecule has 0 unspecified atom stereocenters. The summed E-state index contributed by atoms with van der Waals surface area (Å²) in [7, 11) is 0. The summed E-state index contributed by atoms with van der Waals surface area (Å²) in [5, 5.41) is 27.3. The Labute approximate surface area is 122 Å². The molecule has 10 heteroatoms. The quantitative estimate of drug-likeness (QED) is 0.350. The standard InChI is InChI=1S/C11H11N5O4S/c12-15-10(7-1-3-8(4-2-7)16(19)20)13-14-11(15)21-6-5-9(17)18/h1-4H,5-6,12H2,(H,17,18). The lowest BCUT2D eigenvalue weighted by Gasteiger charge is -2.03. The number of carboxylic acids is 1. The van der Waals surface area contributed by atoms with E-state index in [-0.39, 0.29) is 12.1 Å². The summed E-state index contributed by atoms with van der Waals surface area (Å²) in [5.41, 5.74) is 0.554. The van der Waals surface area contributed by atoms with Crippen LogP contribution < -0.4 is 5.84 Å². The van der Waals surface area contributed by atoms with Crippen LogP contribution >= 0.6 is 11.8 Å². The minimum atomic E-state index is -0.902. The molecule has 0 radical (unpaired) electrons. The van der Waals surface area contributed by atoms with E-state index in [9.17, 15) is 14.9 Å². The summed E-state index contributed by atoms with van der Waals surface area (Å²) >= 11 is 1.17. The van der Waals surface area contributed by atoms with Gasteiger partial charge in [-0.05, 0) is 12.1 Å². The zero-order valence-electron chi connectivity index (χ0n) is 10.7. The highest BCUT2D eigenvalue weighted by atomic mass is 32.2. The fourth-order valence-electron chi connectivity index (χ4n) is 1.53. The van der Waals surface area contributed by atoms with Gasteiger partial charge in [0.25, 0.3) is 5.69 Å². The number of benzene rings is 1. The number of nitro benzene ring substituents is 1. The molecule has 0 bridgehead atoms. The third-order valence-electron chi connectivity index (χ3n) is 2.55. The monoisotopic (exact) mass is 309 g/mol. The largest absolute Gasteiger partial charge is 0.481 e. The van der Waals surface area contributed by atoms with Gasteiger partial charge in [0.15, 0.2) is 5.82 Å². The van der Waals surface area contributed by atoms with Gasteiger partial charge in [0.1, 0.15) is 0 Å². The molecule has 2 aromatic rings. The highest BCUT2D eigenvalue weighted by Gasteiger charge is 2.14. The number of aliphatic carboxylic acids is 1. The maximum absolute atomic E-state index is 10.6. The van der Waals surface area contributed by atoms with Gasteiger partial charge < -0.3 is 10.9 Å². The number of carbonyl (C=O) groups is 1. The second-order valence-electron chi connectivity index (χ2n) is 3.97. The Kier molecular flexibility index (Phi) is 4.38. The number of hydrogen-bond acceptors (Lipinski definition) is 7. The normalized spacial score (nSPS) is 10.5. The molecule has 110 valence electrons. The van der Waals surface area contributed by atoms with E-state index in [4.69, 9.17) is 10.9 Å². The van der Waals surface area contributed by atoms with Crippen LogP contribution in [0.15, 0.2) is 29.4 Å². The Morgan fingerprint density at radius 1 is 1.38 bits per heavy atom. The first kappa shape index (κ1) is 14.8. The topological polar surface area (TPSA) is 137 Å². The first-order valence-corrected chi connectivity index (χ1v) is 6.77. The smallest absolute Gasteiger partial charge is 0.304 e. The first-order chi connectivity index (χ1) is 9.99. The number of rotatable bonds is 6. The van der Waals surface area contributed by atoms with E-state index in [0.29, 0.717) is 22.3 Å². The number of nitrogens with zero attached hydrogens (tertiary/aromatic N) is 4. The number of nitro groups is 1. The molecular weight excluding hydrogens is 298 g/mol. The second-order valence-corrected chi connectivity index (χ2v) is 5.03. The zero-order valence-corrected chi connectivity index (χ0v) is 11.5. The van der Waals surface area contributed by atoms with Crippen LogP contribution in [-0.4, -0.2) is 36.6 Å². The van der Waals surface area contributed by atoms with Gasteiger partial charge in [0.2, 0.25) is 5.16 Å². The third-order valence-corrected chi connectivity index (χ3v) is 3.49. The number of nitrogen functional groups attached to an aromatic ring is 1.